The number of nitrogens with zero attached hydrogens (tertiary/aromatic N) is 2. The highest BCUT2D eigenvalue weighted by atomic mass is 32.2. The number of carbonyl (C=O) groups is 1. The Labute approximate surface area is 115 Å². The van der Waals surface area contributed by atoms with Crippen LogP contribution in [0.3, 0.4) is 0 Å². The molecule has 2 aliphatic rings. The summed E-state index contributed by atoms with van der Waals surface area (Å²) in [7, 11) is 0. The van der Waals surface area contributed by atoms with Gasteiger partial charge in [-0.05, 0) is 6.07 Å². The summed E-state index contributed by atoms with van der Waals surface area (Å²) in [6.07, 6.45) is 12.1. The molecule has 0 aromatic carbocycles. The second-order valence-corrected chi connectivity index (χ2v) is 5.74. The Morgan fingerprint density at radius 2 is 2.26 bits per heavy atom. The van der Waals surface area contributed by atoms with Crippen molar-refractivity contribution < 1.29 is 9.90 Å². The van der Waals surface area contributed by atoms with Crippen molar-refractivity contribution in [1.29, 1.82) is 0 Å². The number of rotatable bonds is 3. The molecule has 0 radical (unpaired) electrons. The molecule has 1 aliphatic carbocycles. The second-order valence-electron chi connectivity index (χ2n) is 4.52. The van der Waals surface area contributed by atoms with Crippen LogP contribution in [0.5, 0.6) is 0 Å². The van der Waals surface area contributed by atoms with Gasteiger partial charge >= 0.3 is 5.97 Å². The van der Waals surface area contributed by atoms with Gasteiger partial charge in [-0.25, -0.2) is 0 Å². The summed E-state index contributed by atoms with van der Waals surface area (Å²) in [4.78, 5) is 18.3. The highest BCUT2D eigenvalue weighted by Crippen LogP contribution is 2.42. The first-order valence-electron chi connectivity index (χ1n) is 6.20. The van der Waals surface area contributed by atoms with Crippen LogP contribution < -0.4 is 4.90 Å². The number of aromatic nitrogens is 1. The van der Waals surface area contributed by atoms with E-state index in [0.717, 1.165) is 10.6 Å². The summed E-state index contributed by atoms with van der Waals surface area (Å²) in [5.41, 5.74) is 1.09. The van der Waals surface area contributed by atoms with E-state index < -0.39 is 5.97 Å². The monoisotopic (exact) mass is 274 g/mol. The van der Waals surface area contributed by atoms with Crippen LogP contribution in [0.15, 0.2) is 47.7 Å². The van der Waals surface area contributed by atoms with Crippen molar-refractivity contribution in [2.24, 2.45) is 0 Å². The van der Waals surface area contributed by atoms with Crippen molar-refractivity contribution in [2.45, 2.75) is 22.6 Å². The quantitative estimate of drug-likeness (QED) is 0.916. The summed E-state index contributed by atoms with van der Waals surface area (Å²) in [6.45, 7) is 0.520. The standard InChI is InChI=1S/C14H14N2O2S/c17-14(18)6-8-16-10-3-1-2-4-12(10)19-13-9-15-7-5-11(13)16/h1-5,7,9-10,12H,6,8H2,(H,17,18). The molecule has 1 aromatic heterocycles. The number of fused-ring (bicyclic) bond motifs is 2. The molecule has 1 N–H and O–H groups in total. The van der Waals surface area contributed by atoms with Crippen LogP contribution in [0.4, 0.5) is 5.69 Å². The average Bonchev–Trinajstić information content (AvgIpc) is 2.43. The van der Waals surface area contributed by atoms with Crippen LogP contribution in [0.25, 0.3) is 0 Å². The molecule has 0 spiro atoms. The number of carboxylic acid groups (broad SMARTS) is 1. The second kappa shape index (κ2) is 5.09. The van der Waals surface area contributed by atoms with Crippen molar-refractivity contribution in [3.8, 4) is 0 Å². The summed E-state index contributed by atoms with van der Waals surface area (Å²) in [6, 6.07) is 2.19. The minimum Gasteiger partial charge on any atom is -0.481 e. The van der Waals surface area contributed by atoms with Gasteiger partial charge in [-0.3, -0.25) is 9.78 Å². The Hall–Kier alpha value is -1.75. The van der Waals surface area contributed by atoms with E-state index in [2.05, 4.69) is 22.0 Å². The molecule has 1 aromatic rings. The van der Waals surface area contributed by atoms with Crippen molar-refractivity contribution in [3.05, 3.63) is 42.8 Å². The molecular formula is C14H14N2O2S. The third kappa shape index (κ3) is 2.38. The molecule has 0 bridgehead atoms. The van der Waals surface area contributed by atoms with Crippen molar-refractivity contribution in [1.82, 2.24) is 4.98 Å². The summed E-state index contributed by atoms with van der Waals surface area (Å²) < 4.78 is 0. The molecular weight excluding hydrogens is 260 g/mol. The van der Waals surface area contributed by atoms with Crippen LogP contribution in [-0.2, 0) is 4.79 Å². The van der Waals surface area contributed by atoms with Gasteiger partial charge in [0.15, 0.2) is 0 Å². The van der Waals surface area contributed by atoms with Gasteiger partial charge in [0.1, 0.15) is 0 Å². The zero-order valence-corrected chi connectivity index (χ0v) is 11.1. The highest BCUT2D eigenvalue weighted by Gasteiger charge is 2.33. The van der Waals surface area contributed by atoms with E-state index in [9.17, 15) is 4.79 Å². The van der Waals surface area contributed by atoms with E-state index in [0.29, 0.717) is 11.8 Å². The van der Waals surface area contributed by atoms with Crippen molar-refractivity contribution in [2.75, 3.05) is 11.4 Å². The van der Waals surface area contributed by atoms with Gasteiger partial charge in [-0.2, -0.15) is 0 Å². The number of hydrogen-bond donors (Lipinski definition) is 1. The molecule has 4 nitrogen and oxygen atoms in total. The zero-order chi connectivity index (χ0) is 13.2. The topological polar surface area (TPSA) is 53.4 Å². The largest absolute Gasteiger partial charge is 0.481 e. The SMILES string of the molecule is O=C(O)CCN1c2ccncc2SC2C=CC=CC21. The molecule has 19 heavy (non-hydrogen) atoms. The Bertz CT molecular complexity index is 556. The molecule has 0 saturated carbocycles. The fraction of sp³-hybridized carbons (Fsp3) is 0.286. The van der Waals surface area contributed by atoms with Gasteiger partial charge in [0, 0.05) is 23.8 Å². The lowest BCUT2D eigenvalue weighted by molar-refractivity contribution is -0.136. The molecule has 2 unspecified atom stereocenters. The van der Waals surface area contributed by atoms with E-state index in [1.54, 1.807) is 18.0 Å². The molecule has 5 heteroatoms. The lowest BCUT2D eigenvalue weighted by atomic mass is 10.0. The first kappa shape index (κ1) is 12.3. The van der Waals surface area contributed by atoms with Gasteiger partial charge < -0.3 is 10.0 Å². The van der Waals surface area contributed by atoms with Crippen molar-refractivity contribution >= 4 is 23.4 Å². The minimum atomic E-state index is -0.763. The minimum absolute atomic E-state index is 0.146. The fourth-order valence-corrected chi connectivity index (χ4v) is 3.73. The predicted octanol–water partition coefficient (Wildman–Crippen LogP) is 2.33. The number of carboxylic acids is 1. The molecule has 0 saturated heterocycles. The molecule has 1 aliphatic heterocycles. The van der Waals surface area contributed by atoms with Crippen LogP contribution in [0.1, 0.15) is 6.42 Å². The van der Waals surface area contributed by atoms with Gasteiger partial charge in [-0.15, -0.1) is 11.8 Å². The summed E-state index contributed by atoms with van der Waals surface area (Å²) in [5.74, 6) is -0.763. The normalized spacial score (nSPS) is 23.9. The van der Waals surface area contributed by atoms with E-state index in [4.69, 9.17) is 5.11 Å². The predicted molar refractivity (Wildman–Crippen MR) is 75.5 cm³/mol. The third-order valence-electron chi connectivity index (χ3n) is 3.32. The maximum absolute atomic E-state index is 10.8. The lowest BCUT2D eigenvalue weighted by Gasteiger charge is -2.41. The number of aliphatic carboxylic acids is 1. The molecule has 0 fully saturated rings. The van der Waals surface area contributed by atoms with E-state index in [1.165, 1.54) is 0 Å². The first-order valence-corrected chi connectivity index (χ1v) is 7.08. The van der Waals surface area contributed by atoms with Gasteiger partial charge in [0.25, 0.3) is 0 Å². The number of allylic oxidation sites excluding steroid dienone is 2. The Kier molecular flexibility index (Phi) is 3.29. The molecule has 98 valence electrons. The summed E-state index contributed by atoms with van der Waals surface area (Å²) in [5, 5.41) is 9.24. The van der Waals surface area contributed by atoms with Gasteiger partial charge in [0.05, 0.1) is 23.4 Å². The lowest BCUT2D eigenvalue weighted by Crippen LogP contribution is -2.45. The number of thioether (sulfide) groups is 1. The number of anilines is 1. The highest BCUT2D eigenvalue weighted by molar-refractivity contribution is 8.00. The van der Waals surface area contributed by atoms with Crippen LogP contribution in [-0.4, -0.2) is 33.9 Å². The van der Waals surface area contributed by atoms with Crippen molar-refractivity contribution in [3.63, 3.8) is 0 Å². The fourth-order valence-electron chi connectivity index (χ4n) is 2.46. The Morgan fingerprint density at radius 3 is 3.11 bits per heavy atom. The molecule has 3 rings (SSSR count). The van der Waals surface area contributed by atoms with Crippen LogP contribution in [0, 0.1) is 0 Å². The maximum atomic E-state index is 10.8. The maximum Gasteiger partial charge on any atom is 0.305 e. The van der Waals surface area contributed by atoms with E-state index in [1.807, 2.05) is 24.4 Å². The first-order chi connectivity index (χ1) is 9.25. The summed E-state index contributed by atoms with van der Waals surface area (Å²) >= 11 is 1.79. The van der Waals surface area contributed by atoms with Crippen LogP contribution >= 0.6 is 11.8 Å². The van der Waals surface area contributed by atoms with E-state index >= 15 is 0 Å². The number of hydrogen-bond acceptors (Lipinski definition) is 4. The number of pyridine rings is 1. The van der Waals surface area contributed by atoms with Crippen LogP contribution in [0.2, 0.25) is 0 Å². The molecule has 0 amide bonds. The molecule has 2 heterocycles. The molecule has 2 atom stereocenters. The van der Waals surface area contributed by atoms with E-state index in [-0.39, 0.29) is 12.5 Å². The third-order valence-corrected chi connectivity index (χ3v) is 4.60. The van der Waals surface area contributed by atoms with Gasteiger partial charge in [0.2, 0.25) is 0 Å². The Morgan fingerprint density at radius 1 is 1.42 bits per heavy atom. The Balaban J connectivity index is 1.94. The average molecular weight is 274 g/mol. The van der Waals surface area contributed by atoms with Gasteiger partial charge in [-0.1, -0.05) is 24.3 Å². The smallest absolute Gasteiger partial charge is 0.305 e. The zero-order valence-electron chi connectivity index (χ0n) is 10.3.